The molecule has 128 valence electrons. The van der Waals surface area contributed by atoms with E-state index in [9.17, 15) is 27.6 Å². The van der Waals surface area contributed by atoms with Crippen molar-refractivity contribution in [1.82, 2.24) is 0 Å². The van der Waals surface area contributed by atoms with Gasteiger partial charge in [0, 0.05) is 5.92 Å². The van der Waals surface area contributed by atoms with Crippen LogP contribution >= 0.6 is 0 Å². The molecule has 2 saturated carbocycles. The molecule has 2 atom stereocenters. The molecule has 1 aromatic carbocycles. The number of rotatable bonds is 2. The molecule has 0 unspecified atom stereocenters. The largest absolute Gasteiger partial charge is 0.418 e. The smallest absolute Gasteiger partial charge is 0.325 e. The molecule has 24 heavy (non-hydrogen) atoms. The summed E-state index contributed by atoms with van der Waals surface area (Å²) in [7, 11) is 0. The normalized spacial score (nSPS) is 28.3. The average molecular weight is 339 g/mol. The maximum absolute atomic E-state index is 13.1. The minimum atomic E-state index is -4.63. The lowest BCUT2D eigenvalue weighted by molar-refractivity contribution is -0.147. The van der Waals surface area contributed by atoms with Crippen molar-refractivity contribution in [3.05, 3.63) is 29.8 Å². The fourth-order valence-corrected chi connectivity index (χ4v) is 4.15. The molecule has 0 heterocycles. The number of Topliss-reactive ketones (excluding diaryl/α,β-unsaturated/α-hetero) is 2. The first-order valence-corrected chi connectivity index (χ1v) is 7.60. The van der Waals surface area contributed by atoms with Crippen molar-refractivity contribution in [3.63, 3.8) is 0 Å². The Kier molecular flexibility index (Phi) is 3.41. The van der Waals surface area contributed by atoms with Gasteiger partial charge in [0.2, 0.25) is 17.5 Å². The number of alkyl halides is 3. The minimum absolute atomic E-state index is 0.176. The van der Waals surface area contributed by atoms with Crippen molar-refractivity contribution < 1.29 is 27.6 Å². The molecule has 1 N–H and O–H groups in total. The molecule has 2 aliphatic carbocycles. The van der Waals surface area contributed by atoms with Crippen LogP contribution in [0.3, 0.4) is 0 Å². The molecular weight excluding hydrogens is 323 g/mol. The van der Waals surface area contributed by atoms with Crippen molar-refractivity contribution in [2.75, 3.05) is 5.32 Å². The highest BCUT2D eigenvalue weighted by Gasteiger charge is 2.72. The molecule has 0 aliphatic heterocycles. The number of ketones is 2. The Labute approximate surface area is 136 Å². The summed E-state index contributed by atoms with van der Waals surface area (Å²) in [5, 5.41) is 2.25. The highest BCUT2D eigenvalue weighted by atomic mass is 19.4. The second-order valence-electron chi connectivity index (χ2n) is 6.91. The Morgan fingerprint density at radius 3 is 2.38 bits per heavy atom. The summed E-state index contributed by atoms with van der Waals surface area (Å²) in [5.41, 5.74) is -3.89. The molecule has 2 aliphatic rings. The van der Waals surface area contributed by atoms with Crippen molar-refractivity contribution >= 4 is 23.2 Å². The van der Waals surface area contributed by atoms with Crippen LogP contribution in [-0.4, -0.2) is 17.5 Å². The third-order valence-corrected chi connectivity index (χ3v) is 5.58. The van der Waals surface area contributed by atoms with Crippen LogP contribution in [0.1, 0.15) is 32.3 Å². The van der Waals surface area contributed by atoms with Crippen LogP contribution in [0.15, 0.2) is 24.3 Å². The van der Waals surface area contributed by atoms with E-state index in [1.807, 2.05) is 0 Å². The quantitative estimate of drug-likeness (QED) is 0.665. The van der Waals surface area contributed by atoms with E-state index in [4.69, 9.17) is 0 Å². The van der Waals surface area contributed by atoms with Crippen molar-refractivity contribution in [3.8, 4) is 0 Å². The van der Waals surface area contributed by atoms with Crippen LogP contribution in [0, 0.1) is 16.7 Å². The summed E-state index contributed by atoms with van der Waals surface area (Å²) in [4.78, 5) is 37.2. The molecule has 2 bridgehead atoms. The lowest BCUT2D eigenvalue weighted by Crippen LogP contribution is -2.47. The van der Waals surface area contributed by atoms with Gasteiger partial charge in [0.25, 0.3) is 0 Å². The molecular formula is C17H16F3NO3. The number of halogens is 3. The fraction of sp³-hybridized carbons (Fsp3) is 0.471. The maximum Gasteiger partial charge on any atom is 0.418 e. The Bertz CT molecular complexity index is 754. The van der Waals surface area contributed by atoms with E-state index in [-0.39, 0.29) is 6.42 Å². The van der Waals surface area contributed by atoms with Gasteiger partial charge in [-0.05, 0) is 30.4 Å². The number of anilines is 1. The fourth-order valence-electron chi connectivity index (χ4n) is 4.15. The SMILES string of the molecule is CC1(C)[C@@H]2CC[C@]1(C(=O)Nc1ccccc1C(F)(F)F)C(=O)C2=O. The Morgan fingerprint density at radius 2 is 1.83 bits per heavy atom. The molecule has 2 fully saturated rings. The van der Waals surface area contributed by atoms with Crippen LogP contribution in [0.4, 0.5) is 18.9 Å². The highest BCUT2D eigenvalue weighted by Crippen LogP contribution is 2.62. The molecule has 1 aromatic rings. The lowest BCUT2D eigenvalue weighted by Gasteiger charge is -2.34. The predicted octanol–water partition coefficient (Wildman–Crippen LogP) is 3.22. The van der Waals surface area contributed by atoms with E-state index in [0.29, 0.717) is 6.42 Å². The Morgan fingerprint density at radius 1 is 1.21 bits per heavy atom. The van der Waals surface area contributed by atoms with Crippen LogP contribution < -0.4 is 5.32 Å². The van der Waals surface area contributed by atoms with E-state index in [1.165, 1.54) is 12.1 Å². The van der Waals surface area contributed by atoms with Gasteiger partial charge in [0.1, 0.15) is 5.41 Å². The summed E-state index contributed by atoms with van der Waals surface area (Å²) in [5.74, 6) is -2.76. The standard InChI is InChI=1S/C17H16F3NO3/c1-15(2)10-7-8-16(15,13(23)12(10)22)14(24)21-11-6-4-3-5-9(11)17(18,19)20/h3-6,10H,7-8H2,1-2H3,(H,21,24)/t10-,16-/m1/s1. The van der Waals surface area contributed by atoms with Gasteiger partial charge in [0.05, 0.1) is 11.3 Å². The van der Waals surface area contributed by atoms with Crippen LogP contribution in [0.25, 0.3) is 0 Å². The minimum Gasteiger partial charge on any atom is -0.325 e. The van der Waals surface area contributed by atoms with E-state index >= 15 is 0 Å². The van der Waals surface area contributed by atoms with Gasteiger partial charge in [0.15, 0.2) is 0 Å². The van der Waals surface area contributed by atoms with Crippen LogP contribution in [0.5, 0.6) is 0 Å². The number of hydrogen-bond donors (Lipinski definition) is 1. The van der Waals surface area contributed by atoms with Crippen molar-refractivity contribution in [2.24, 2.45) is 16.7 Å². The zero-order valence-electron chi connectivity index (χ0n) is 13.2. The first-order chi connectivity index (χ1) is 11.0. The molecule has 3 rings (SSSR count). The van der Waals surface area contributed by atoms with E-state index < -0.39 is 51.6 Å². The molecule has 1 amide bonds. The third kappa shape index (κ3) is 1.96. The number of para-hydroxylation sites is 1. The third-order valence-electron chi connectivity index (χ3n) is 5.58. The van der Waals surface area contributed by atoms with Crippen LogP contribution in [-0.2, 0) is 20.6 Å². The van der Waals surface area contributed by atoms with E-state index in [2.05, 4.69) is 5.32 Å². The molecule has 7 heteroatoms. The summed E-state index contributed by atoms with van der Waals surface area (Å²) < 4.78 is 39.2. The first kappa shape index (κ1) is 16.7. The van der Waals surface area contributed by atoms with E-state index in [0.717, 1.165) is 12.1 Å². The second-order valence-corrected chi connectivity index (χ2v) is 6.91. The number of benzene rings is 1. The van der Waals surface area contributed by atoms with Crippen molar-refractivity contribution in [2.45, 2.75) is 32.9 Å². The summed E-state index contributed by atoms with van der Waals surface area (Å²) in [6.45, 7) is 3.31. The van der Waals surface area contributed by atoms with Gasteiger partial charge in [-0.25, -0.2) is 0 Å². The number of hydrogen-bond acceptors (Lipinski definition) is 3. The molecule has 0 spiro atoms. The zero-order chi connectivity index (χ0) is 17.9. The van der Waals surface area contributed by atoms with Gasteiger partial charge < -0.3 is 5.32 Å². The maximum atomic E-state index is 13.1. The average Bonchev–Trinajstić information content (AvgIpc) is 2.83. The monoisotopic (exact) mass is 339 g/mol. The lowest BCUT2D eigenvalue weighted by atomic mass is 9.68. The summed E-state index contributed by atoms with van der Waals surface area (Å²) in [6, 6.07) is 4.58. The van der Waals surface area contributed by atoms with Crippen LogP contribution in [0.2, 0.25) is 0 Å². The molecule has 0 radical (unpaired) electrons. The van der Waals surface area contributed by atoms with Crippen molar-refractivity contribution in [1.29, 1.82) is 0 Å². The molecule has 4 nitrogen and oxygen atoms in total. The topological polar surface area (TPSA) is 63.2 Å². The Hall–Kier alpha value is -2.18. The number of carbonyl (C=O) groups is 3. The van der Waals surface area contributed by atoms with Gasteiger partial charge in [-0.1, -0.05) is 26.0 Å². The predicted molar refractivity (Wildman–Crippen MR) is 79.0 cm³/mol. The van der Waals surface area contributed by atoms with E-state index in [1.54, 1.807) is 13.8 Å². The number of fused-ring (bicyclic) bond motifs is 2. The van der Waals surface area contributed by atoms with Gasteiger partial charge in [-0.15, -0.1) is 0 Å². The molecule has 0 saturated heterocycles. The summed E-state index contributed by atoms with van der Waals surface area (Å²) >= 11 is 0. The second kappa shape index (κ2) is 4.91. The first-order valence-electron chi connectivity index (χ1n) is 7.60. The number of nitrogens with one attached hydrogen (secondary N) is 1. The molecule has 0 aromatic heterocycles. The number of carbonyl (C=O) groups excluding carboxylic acids is 3. The number of amides is 1. The van der Waals surface area contributed by atoms with Gasteiger partial charge in [-0.3, -0.25) is 14.4 Å². The highest BCUT2D eigenvalue weighted by molar-refractivity contribution is 6.48. The zero-order valence-corrected chi connectivity index (χ0v) is 13.2. The Balaban J connectivity index is 2.00. The van der Waals surface area contributed by atoms with Gasteiger partial charge >= 0.3 is 6.18 Å². The van der Waals surface area contributed by atoms with Gasteiger partial charge in [-0.2, -0.15) is 13.2 Å². The summed E-state index contributed by atoms with van der Waals surface area (Å²) in [6.07, 6.45) is -4.06.